The maximum Gasteiger partial charge on any atom is 0.303 e. The number of unbranched alkanes of at least 4 members (excludes halogenated alkanes) is 2. The second-order valence-electron chi connectivity index (χ2n) is 9.72. The molecule has 4 rings (SSSR count). The van der Waals surface area contributed by atoms with E-state index in [0.29, 0.717) is 19.4 Å². The number of rotatable bonds is 15. The van der Waals surface area contributed by atoms with Gasteiger partial charge in [0.2, 0.25) is 11.8 Å². The highest BCUT2D eigenvalue weighted by Gasteiger charge is 2.68. The number of carbonyl (C=O) groups is 3. The zero-order chi connectivity index (χ0) is 24.6. The third-order valence-electron chi connectivity index (χ3n) is 7.20. The molecule has 1 aromatic carbocycles. The number of hydrogen-bond acceptors (Lipinski definition) is 5. The fourth-order valence-electron chi connectivity index (χ4n) is 5.32. The Kier molecular flexibility index (Phi) is 8.93. The van der Waals surface area contributed by atoms with Gasteiger partial charge in [0.05, 0.1) is 18.8 Å². The SMILES string of the molecule is O=C(O)CCC/C=C\CC1C(CNC(=O)CNC(=O)CCCCc2ccccc2)C2OC1C1OC21. The van der Waals surface area contributed by atoms with Crippen molar-refractivity contribution >= 4 is 17.8 Å². The van der Waals surface area contributed by atoms with Gasteiger partial charge < -0.3 is 25.2 Å². The van der Waals surface area contributed by atoms with Crippen molar-refractivity contribution < 1.29 is 29.0 Å². The van der Waals surface area contributed by atoms with Gasteiger partial charge in [-0.3, -0.25) is 14.4 Å². The second-order valence-corrected chi connectivity index (χ2v) is 9.72. The van der Waals surface area contributed by atoms with Crippen molar-refractivity contribution in [2.75, 3.05) is 13.1 Å². The summed E-state index contributed by atoms with van der Waals surface area (Å²) in [5.41, 5.74) is 1.27. The molecule has 0 radical (unpaired) electrons. The Morgan fingerprint density at radius 2 is 1.57 bits per heavy atom. The highest BCUT2D eigenvalue weighted by atomic mass is 16.7. The van der Waals surface area contributed by atoms with Crippen LogP contribution in [0.4, 0.5) is 0 Å². The molecule has 2 bridgehead atoms. The van der Waals surface area contributed by atoms with Crippen molar-refractivity contribution in [1.29, 1.82) is 0 Å². The van der Waals surface area contributed by atoms with E-state index in [-0.39, 0.29) is 61.0 Å². The first-order valence-corrected chi connectivity index (χ1v) is 12.8. The van der Waals surface area contributed by atoms with E-state index in [0.717, 1.165) is 32.1 Å². The molecule has 6 atom stereocenters. The Morgan fingerprint density at radius 1 is 0.829 bits per heavy atom. The first-order valence-electron chi connectivity index (χ1n) is 12.8. The number of fused-ring (bicyclic) bond motifs is 5. The number of epoxide rings is 1. The first-order chi connectivity index (χ1) is 17.0. The van der Waals surface area contributed by atoms with Gasteiger partial charge in [-0.15, -0.1) is 0 Å². The van der Waals surface area contributed by atoms with Crippen molar-refractivity contribution in [3.05, 3.63) is 48.0 Å². The summed E-state index contributed by atoms with van der Waals surface area (Å²) < 4.78 is 11.9. The molecule has 0 spiro atoms. The van der Waals surface area contributed by atoms with Crippen LogP contribution in [0.3, 0.4) is 0 Å². The number of benzene rings is 1. The molecule has 2 amide bonds. The Morgan fingerprint density at radius 3 is 2.34 bits per heavy atom. The summed E-state index contributed by atoms with van der Waals surface area (Å²) in [4.78, 5) is 35.1. The molecule has 8 heteroatoms. The third kappa shape index (κ3) is 7.15. The van der Waals surface area contributed by atoms with Crippen LogP contribution in [0.5, 0.6) is 0 Å². The van der Waals surface area contributed by atoms with Gasteiger partial charge >= 0.3 is 5.97 Å². The smallest absolute Gasteiger partial charge is 0.303 e. The lowest BCUT2D eigenvalue weighted by atomic mass is 9.77. The molecule has 3 aliphatic heterocycles. The summed E-state index contributed by atoms with van der Waals surface area (Å²) >= 11 is 0. The summed E-state index contributed by atoms with van der Waals surface area (Å²) in [6.45, 7) is 0.479. The van der Waals surface area contributed by atoms with Crippen molar-refractivity contribution in [2.24, 2.45) is 11.8 Å². The number of aliphatic carboxylic acids is 1. The van der Waals surface area contributed by atoms with Gasteiger partial charge in [-0.05, 0) is 50.0 Å². The predicted octanol–water partition coefficient (Wildman–Crippen LogP) is 2.61. The zero-order valence-electron chi connectivity index (χ0n) is 20.1. The molecule has 0 aliphatic carbocycles. The van der Waals surface area contributed by atoms with Crippen LogP contribution in [0.15, 0.2) is 42.5 Å². The van der Waals surface area contributed by atoms with Gasteiger partial charge in [-0.1, -0.05) is 42.5 Å². The van der Waals surface area contributed by atoms with E-state index in [1.165, 1.54) is 5.56 Å². The van der Waals surface area contributed by atoms with Crippen LogP contribution in [-0.4, -0.2) is 60.4 Å². The Hall–Kier alpha value is -2.71. The predicted molar refractivity (Wildman–Crippen MR) is 130 cm³/mol. The number of nitrogens with one attached hydrogen (secondary N) is 2. The molecule has 3 aliphatic rings. The quantitative estimate of drug-likeness (QED) is 0.200. The van der Waals surface area contributed by atoms with E-state index in [1.54, 1.807) is 0 Å². The van der Waals surface area contributed by atoms with Crippen LogP contribution in [0.2, 0.25) is 0 Å². The molecule has 1 aromatic rings. The molecule has 0 aromatic heterocycles. The van der Waals surface area contributed by atoms with E-state index >= 15 is 0 Å². The van der Waals surface area contributed by atoms with Crippen LogP contribution in [0.25, 0.3) is 0 Å². The number of aryl methyl sites for hydroxylation is 1. The molecule has 35 heavy (non-hydrogen) atoms. The normalized spacial score (nSPS) is 28.1. The molecule has 8 nitrogen and oxygen atoms in total. The Labute approximate surface area is 206 Å². The molecule has 3 saturated heterocycles. The lowest BCUT2D eigenvalue weighted by Crippen LogP contribution is -2.44. The number of carboxylic acids is 1. The third-order valence-corrected chi connectivity index (χ3v) is 7.20. The molecular weight excluding hydrogens is 448 g/mol. The summed E-state index contributed by atoms with van der Waals surface area (Å²) in [6.07, 6.45) is 9.99. The number of hydrogen-bond donors (Lipinski definition) is 3. The minimum absolute atomic E-state index is 0.00918. The number of carboxylic acid groups (broad SMARTS) is 1. The highest BCUT2D eigenvalue weighted by Crippen LogP contribution is 2.54. The Bertz CT molecular complexity index is 904. The van der Waals surface area contributed by atoms with Crippen LogP contribution >= 0.6 is 0 Å². The molecule has 3 N–H and O–H groups in total. The van der Waals surface area contributed by atoms with Gasteiger partial charge in [-0.25, -0.2) is 0 Å². The maximum atomic E-state index is 12.4. The highest BCUT2D eigenvalue weighted by molar-refractivity contribution is 5.84. The van der Waals surface area contributed by atoms with Crippen LogP contribution < -0.4 is 10.6 Å². The summed E-state index contributed by atoms with van der Waals surface area (Å²) in [7, 11) is 0. The fourth-order valence-corrected chi connectivity index (χ4v) is 5.32. The number of allylic oxidation sites excluding steroid dienone is 2. The molecule has 190 valence electrons. The zero-order valence-corrected chi connectivity index (χ0v) is 20.1. The van der Waals surface area contributed by atoms with E-state index in [2.05, 4.69) is 28.8 Å². The summed E-state index contributed by atoms with van der Waals surface area (Å²) in [6, 6.07) is 10.2. The molecule has 3 heterocycles. The topological polar surface area (TPSA) is 117 Å². The molecule has 6 unspecified atom stereocenters. The van der Waals surface area contributed by atoms with Gasteiger partial charge in [0.1, 0.15) is 12.2 Å². The second kappa shape index (κ2) is 12.3. The minimum atomic E-state index is -0.771. The van der Waals surface area contributed by atoms with Crippen LogP contribution in [0.1, 0.15) is 50.5 Å². The number of ether oxygens (including phenoxy) is 2. The van der Waals surface area contributed by atoms with Crippen molar-refractivity contribution in [2.45, 2.75) is 75.8 Å². The average Bonchev–Trinajstić information content (AvgIpc) is 3.48. The standard InChI is InChI=1S/C27H36N2O6/c30-21(14-9-8-12-18-10-4-3-5-11-18)29-17-22(31)28-16-20-19(13-6-1-2-7-15-23(32)33)24-26-27(35-26)25(20)34-24/h1,3-6,10-11,19-20,24-27H,2,7-9,12-17H2,(H,28,31)(H,29,30)(H,32,33)/b6-1-. The van der Waals surface area contributed by atoms with Crippen LogP contribution in [-0.2, 0) is 30.3 Å². The van der Waals surface area contributed by atoms with Crippen LogP contribution in [0, 0.1) is 11.8 Å². The van der Waals surface area contributed by atoms with Gasteiger partial charge in [0, 0.05) is 25.3 Å². The van der Waals surface area contributed by atoms with Gasteiger partial charge in [-0.2, -0.15) is 0 Å². The number of carbonyl (C=O) groups excluding carboxylic acids is 2. The molecular formula is C27H36N2O6. The minimum Gasteiger partial charge on any atom is -0.481 e. The Balaban J connectivity index is 1.12. The van der Waals surface area contributed by atoms with Crippen molar-refractivity contribution in [3.63, 3.8) is 0 Å². The lowest BCUT2D eigenvalue weighted by Gasteiger charge is -2.25. The summed E-state index contributed by atoms with van der Waals surface area (Å²) in [5, 5.41) is 14.4. The maximum absolute atomic E-state index is 12.4. The monoisotopic (exact) mass is 484 g/mol. The lowest BCUT2D eigenvalue weighted by molar-refractivity contribution is -0.137. The van der Waals surface area contributed by atoms with E-state index in [1.807, 2.05) is 24.3 Å². The number of amides is 2. The average molecular weight is 485 g/mol. The van der Waals surface area contributed by atoms with Gasteiger partial charge in [0.25, 0.3) is 0 Å². The summed E-state index contributed by atoms with van der Waals surface area (Å²) in [5.74, 6) is -0.630. The fraction of sp³-hybridized carbons (Fsp3) is 0.593. The van der Waals surface area contributed by atoms with E-state index in [4.69, 9.17) is 14.6 Å². The molecule has 3 fully saturated rings. The molecule has 0 saturated carbocycles. The van der Waals surface area contributed by atoms with Crippen molar-refractivity contribution in [3.8, 4) is 0 Å². The largest absolute Gasteiger partial charge is 0.481 e. The van der Waals surface area contributed by atoms with E-state index in [9.17, 15) is 14.4 Å². The van der Waals surface area contributed by atoms with Crippen molar-refractivity contribution in [1.82, 2.24) is 10.6 Å². The first kappa shape index (κ1) is 25.4. The van der Waals surface area contributed by atoms with Gasteiger partial charge in [0.15, 0.2) is 0 Å². The van der Waals surface area contributed by atoms with E-state index < -0.39 is 5.97 Å².